The average Bonchev–Trinajstić information content (AvgIpc) is 2.39. The smallest absolute Gasteiger partial charge is 0.343 e. The quantitative estimate of drug-likeness (QED) is 0.658. The molecular weight excluding hydrogens is 268 g/mol. The standard InChI is InChI=1S/C13H18O7/c1-4-18-10-7(13(16)17)8(14)9(15)11(19-5-2)12(10)20-6-3/h14-15H,4-6H2,1-3H3,(H,16,17). The number of hydrogen-bond acceptors (Lipinski definition) is 6. The summed E-state index contributed by atoms with van der Waals surface area (Å²) in [5.41, 5.74) is -0.559. The molecule has 0 saturated heterocycles. The molecule has 0 heterocycles. The van der Waals surface area contributed by atoms with Gasteiger partial charge in [-0.15, -0.1) is 0 Å². The van der Waals surface area contributed by atoms with Crippen LogP contribution >= 0.6 is 0 Å². The summed E-state index contributed by atoms with van der Waals surface area (Å²) in [4.78, 5) is 11.2. The topological polar surface area (TPSA) is 105 Å². The van der Waals surface area contributed by atoms with Crippen molar-refractivity contribution in [1.29, 1.82) is 0 Å². The third-order valence-electron chi connectivity index (χ3n) is 2.40. The highest BCUT2D eigenvalue weighted by atomic mass is 16.5. The molecule has 1 aromatic carbocycles. The van der Waals surface area contributed by atoms with Gasteiger partial charge >= 0.3 is 5.97 Å². The summed E-state index contributed by atoms with van der Waals surface area (Å²) in [6, 6.07) is 0. The van der Waals surface area contributed by atoms with Crippen LogP contribution in [-0.2, 0) is 0 Å². The van der Waals surface area contributed by atoms with Crippen molar-refractivity contribution in [3.8, 4) is 28.7 Å². The van der Waals surface area contributed by atoms with E-state index in [9.17, 15) is 15.0 Å². The number of carbonyl (C=O) groups is 1. The van der Waals surface area contributed by atoms with Crippen LogP contribution in [0.4, 0.5) is 0 Å². The summed E-state index contributed by atoms with van der Waals surface area (Å²) in [5.74, 6) is -3.28. The number of phenols is 2. The zero-order valence-electron chi connectivity index (χ0n) is 11.6. The van der Waals surface area contributed by atoms with Crippen LogP contribution in [0.2, 0.25) is 0 Å². The Kier molecular flexibility index (Phi) is 5.31. The van der Waals surface area contributed by atoms with E-state index in [1.807, 2.05) is 0 Å². The Morgan fingerprint density at radius 3 is 1.75 bits per heavy atom. The lowest BCUT2D eigenvalue weighted by Crippen LogP contribution is -2.08. The van der Waals surface area contributed by atoms with Crippen molar-refractivity contribution in [2.24, 2.45) is 0 Å². The number of carboxylic acid groups (broad SMARTS) is 1. The molecule has 0 radical (unpaired) electrons. The van der Waals surface area contributed by atoms with E-state index in [2.05, 4.69) is 0 Å². The molecule has 0 amide bonds. The molecular formula is C13H18O7. The predicted molar refractivity (Wildman–Crippen MR) is 70.2 cm³/mol. The minimum absolute atomic E-state index is 0.0381. The first-order chi connectivity index (χ1) is 9.49. The van der Waals surface area contributed by atoms with Crippen molar-refractivity contribution in [3.63, 3.8) is 0 Å². The lowest BCUT2D eigenvalue weighted by Gasteiger charge is -2.19. The molecule has 0 fully saturated rings. The van der Waals surface area contributed by atoms with E-state index in [-0.39, 0.29) is 37.1 Å². The zero-order chi connectivity index (χ0) is 15.3. The van der Waals surface area contributed by atoms with Gasteiger partial charge in [-0.25, -0.2) is 4.79 Å². The monoisotopic (exact) mass is 286 g/mol. The first kappa shape index (κ1) is 15.7. The predicted octanol–water partition coefficient (Wildman–Crippen LogP) is 1.99. The van der Waals surface area contributed by atoms with Crippen LogP contribution in [0.1, 0.15) is 31.1 Å². The van der Waals surface area contributed by atoms with E-state index in [1.54, 1.807) is 20.8 Å². The molecule has 7 heteroatoms. The molecule has 112 valence electrons. The normalized spacial score (nSPS) is 10.2. The van der Waals surface area contributed by atoms with Crippen LogP contribution in [0, 0.1) is 0 Å². The van der Waals surface area contributed by atoms with Crippen molar-refractivity contribution < 1.29 is 34.3 Å². The van der Waals surface area contributed by atoms with Crippen molar-refractivity contribution in [3.05, 3.63) is 5.56 Å². The van der Waals surface area contributed by atoms with Crippen LogP contribution in [-0.4, -0.2) is 41.1 Å². The third kappa shape index (κ3) is 2.81. The van der Waals surface area contributed by atoms with Crippen molar-refractivity contribution in [1.82, 2.24) is 0 Å². The summed E-state index contributed by atoms with van der Waals surface area (Å²) >= 11 is 0. The summed E-state index contributed by atoms with van der Waals surface area (Å²) in [6.45, 7) is 5.60. The zero-order valence-corrected chi connectivity index (χ0v) is 11.6. The summed E-state index contributed by atoms with van der Waals surface area (Å²) in [6.07, 6.45) is 0. The Morgan fingerprint density at radius 2 is 1.30 bits per heavy atom. The van der Waals surface area contributed by atoms with Crippen molar-refractivity contribution >= 4 is 5.97 Å². The second-order valence-corrected chi connectivity index (χ2v) is 3.66. The molecule has 1 rings (SSSR count). The number of rotatable bonds is 7. The molecule has 3 N–H and O–H groups in total. The summed E-state index contributed by atoms with van der Waals surface area (Å²) < 4.78 is 15.8. The van der Waals surface area contributed by atoms with Gasteiger partial charge in [-0.2, -0.15) is 0 Å². The van der Waals surface area contributed by atoms with Gasteiger partial charge in [-0.3, -0.25) is 0 Å². The van der Waals surface area contributed by atoms with E-state index < -0.39 is 23.0 Å². The lowest BCUT2D eigenvalue weighted by molar-refractivity contribution is 0.0686. The number of ether oxygens (including phenoxy) is 3. The van der Waals surface area contributed by atoms with E-state index in [4.69, 9.17) is 19.3 Å². The van der Waals surface area contributed by atoms with Crippen LogP contribution in [0.25, 0.3) is 0 Å². The van der Waals surface area contributed by atoms with Gasteiger partial charge in [0.15, 0.2) is 17.1 Å². The second-order valence-electron chi connectivity index (χ2n) is 3.66. The van der Waals surface area contributed by atoms with Crippen LogP contribution < -0.4 is 14.2 Å². The fourth-order valence-electron chi connectivity index (χ4n) is 1.69. The molecule has 0 bridgehead atoms. The third-order valence-corrected chi connectivity index (χ3v) is 2.40. The van der Waals surface area contributed by atoms with Gasteiger partial charge in [0.2, 0.25) is 17.2 Å². The first-order valence-electron chi connectivity index (χ1n) is 6.22. The Morgan fingerprint density at radius 1 is 0.850 bits per heavy atom. The van der Waals surface area contributed by atoms with Gasteiger partial charge < -0.3 is 29.5 Å². The second kappa shape index (κ2) is 6.74. The molecule has 0 unspecified atom stereocenters. The highest BCUT2D eigenvalue weighted by molar-refractivity contribution is 5.97. The highest BCUT2D eigenvalue weighted by Crippen LogP contribution is 2.52. The van der Waals surface area contributed by atoms with Crippen LogP contribution in [0.15, 0.2) is 0 Å². The minimum Gasteiger partial charge on any atom is -0.503 e. The maximum absolute atomic E-state index is 11.2. The Bertz CT molecular complexity index is 496. The van der Waals surface area contributed by atoms with Crippen LogP contribution in [0.3, 0.4) is 0 Å². The van der Waals surface area contributed by atoms with Gasteiger partial charge in [0.05, 0.1) is 19.8 Å². The molecule has 0 aliphatic heterocycles. The van der Waals surface area contributed by atoms with Gasteiger partial charge in [0.1, 0.15) is 0 Å². The number of aromatic hydroxyl groups is 2. The number of aromatic carboxylic acids is 1. The molecule has 0 aliphatic rings. The lowest BCUT2D eigenvalue weighted by atomic mass is 10.1. The van der Waals surface area contributed by atoms with E-state index in [0.717, 1.165) is 0 Å². The SMILES string of the molecule is CCOc1c(O)c(O)c(C(=O)O)c(OCC)c1OCC. The van der Waals surface area contributed by atoms with E-state index in [0.29, 0.717) is 0 Å². The molecule has 0 aromatic heterocycles. The van der Waals surface area contributed by atoms with E-state index in [1.165, 1.54) is 0 Å². The molecule has 1 aromatic rings. The van der Waals surface area contributed by atoms with Gasteiger partial charge in [0, 0.05) is 0 Å². The van der Waals surface area contributed by atoms with Crippen molar-refractivity contribution in [2.75, 3.05) is 19.8 Å². The summed E-state index contributed by atoms with van der Waals surface area (Å²) in [7, 11) is 0. The Hall–Kier alpha value is -2.31. The first-order valence-corrected chi connectivity index (χ1v) is 6.22. The Labute approximate surface area is 116 Å². The number of benzene rings is 1. The number of hydrogen-bond donors (Lipinski definition) is 3. The summed E-state index contributed by atoms with van der Waals surface area (Å²) in [5, 5.41) is 28.9. The minimum atomic E-state index is -1.44. The van der Waals surface area contributed by atoms with Gasteiger partial charge in [-0.1, -0.05) is 0 Å². The average molecular weight is 286 g/mol. The number of carboxylic acids is 1. The molecule has 20 heavy (non-hydrogen) atoms. The van der Waals surface area contributed by atoms with Gasteiger partial charge in [-0.05, 0) is 20.8 Å². The maximum atomic E-state index is 11.2. The highest BCUT2D eigenvalue weighted by Gasteiger charge is 2.30. The maximum Gasteiger partial charge on any atom is 0.343 e. The largest absolute Gasteiger partial charge is 0.503 e. The Balaban J connectivity index is 3.66. The van der Waals surface area contributed by atoms with Crippen molar-refractivity contribution in [2.45, 2.75) is 20.8 Å². The molecule has 0 spiro atoms. The molecule has 0 aliphatic carbocycles. The van der Waals surface area contributed by atoms with E-state index >= 15 is 0 Å². The van der Waals surface area contributed by atoms with Crippen LogP contribution in [0.5, 0.6) is 28.7 Å². The molecule has 0 atom stereocenters. The fourth-order valence-corrected chi connectivity index (χ4v) is 1.69. The molecule has 0 saturated carbocycles. The molecule has 7 nitrogen and oxygen atoms in total. The van der Waals surface area contributed by atoms with Gasteiger partial charge in [0.25, 0.3) is 0 Å². The fraction of sp³-hybridized carbons (Fsp3) is 0.462. The number of phenolic OH excluding ortho intramolecular Hbond substituents is 1.